The second-order valence-electron chi connectivity index (χ2n) is 8.16. The second kappa shape index (κ2) is 8.99. The van der Waals surface area contributed by atoms with E-state index in [0.29, 0.717) is 24.6 Å². The van der Waals surface area contributed by atoms with Gasteiger partial charge in [0.2, 0.25) is 0 Å². The lowest BCUT2D eigenvalue weighted by molar-refractivity contribution is 0.177. The highest BCUT2D eigenvalue weighted by Crippen LogP contribution is 2.35. The molecule has 1 aliphatic heterocycles. The number of piperidine rings is 1. The molecular weight excluding hydrogens is 350 g/mol. The molecule has 6 nitrogen and oxygen atoms in total. The van der Waals surface area contributed by atoms with Gasteiger partial charge < -0.3 is 15.8 Å². The van der Waals surface area contributed by atoms with Crippen LogP contribution in [0, 0.1) is 0 Å². The summed E-state index contributed by atoms with van der Waals surface area (Å²) in [6, 6.07) is 13.5. The van der Waals surface area contributed by atoms with Crippen LogP contribution in [0.4, 0.5) is 5.82 Å². The van der Waals surface area contributed by atoms with Crippen molar-refractivity contribution in [3.63, 3.8) is 0 Å². The van der Waals surface area contributed by atoms with E-state index in [2.05, 4.69) is 51.6 Å². The van der Waals surface area contributed by atoms with Crippen molar-refractivity contribution in [2.24, 2.45) is 5.73 Å². The van der Waals surface area contributed by atoms with E-state index in [0.717, 1.165) is 49.8 Å². The first-order valence-corrected chi connectivity index (χ1v) is 10.3. The lowest BCUT2D eigenvalue weighted by Gasteiger charge is -2.34. The lowest BCUT2D eigenvalue weighted by Crippen LogP contribution is -2.41. The number of likely N-dealkylation sites (tertiary alicyclic amines) is 1. The smallest absolute Gasteiger partial charge is 0.156 e. The summed E-state index contributed by atoms with van der Waals surface area (Å²) in [6.07, 6.45) is 4.39. The quantitative estimate of drug-likeness (QED) is 0.768. The highest BCUT2D eigenvalue weighted by atomic mass is 16.5. The van der Waals surface area contributed by atoms with Gasteiger partial charge in [-0.25, -0.2) is 9.97 Å². The third kappa shape index (κ3) is 4.87. The molecule has 0 radical (unpaired) electrons. The summed E-state index contributed by atoms with van der Waals surface area (Å²) in [7, 11) is 1.69. The molecule has 2 heterocycles. The van der Waals surface area contributed by atoms with Gasteiger partial charge in [-0.1, -0.05) is 30.3 Å². The van der Waals surface area contributed by atoms with Crippen LogP contribution in [-0.4, -0.2) is 47.2 Å². The van der Waals surface area contributed by atoms with E-state index in [-0.39, 0.29) is 0 Å². The zero-order chi connectivity index (χ0) is 19.3. The number of rotatable bonds is 7. The summed E-state index contributed by atoms with van der Waals surface area (Å²) >= 11 is 0. The minimum Gasteiger partial charge on any atom is -0.377 e. The average molecular weight is 382 g/mol. The lowest BCUT2D eigenvalue weighted by atomic mass is 9.78. The van der Waals surface area contributed by atoms with Crippen LogP contribution in [0.25, 0.3) is 0 Å². The molecule has 2 aliphatic rings. The molecule has 6 heteroatoms. The Kier molecular flexibility index (Phi) is 6.20. The van der Waals surface area contributed by atoms with Crippen LogP contribution in [0.15, 0.2) is 36.4 Å². The minimum atomic E-state index is 0.312. The van der Waals surface area contributed by atoms with E-state index in [9.17, 15) is 0 Å². The molecule has 0 amide bonds. The molecule has 3 N–H and O–H groups in total. The topological polar surface area (TPSA) is 76.3 Å². The number of aromatic nitrogens is 2. The average Bonchev–Trinajstić information content (AvgIpc) is 2.67. The number of hydrogen-bond acceptors (Lipinski definition) is 6. The van der Waals surface area contributed by atoms with Gasteiger partial charge in [0.25, 0.3) is 0 Å². The third-order valence-electron chi connectivity index (χ3n) is 5.77. The number of anilines is 1. The van der Waals surface area contributed by atoms with Crippen molar-refractivity contribution in [3.05, 3.63) is 53.5 Å². The van der Waals surface area contributed by atoms with Crippen LogP contribution in [0.5, 0.6) is 0 Å². The predicted octanol–water partition coefficient (Wildman–Crippen LogP) is 2.90. The molecule has 0 unspecified atom stereocenters. The van der Waals surface area contributed by atoms with Crippen LogP contribution >= 0.6 is 0 Å². The fourth-order valence-corrected chi connectivity index (χ4v) is 4.27. The van der Waals surface area contributed by atoms with Gasteiger partial charge in [0.05, 0.1) is 0 Å². The molecule has 150 valence electrons. The van der Waals surface area contributed by atoms with Crippen molar-refractivity contribution in [1.29, 1.82) is 0 Å². The minimum absolute atomic E-state index is 0.312. The molecule has 1 atom stereocenters. The van der Waals surface area contributed by atoms with Crippen LogP contribution in [-0.2, 0) is 17.9 Å². The van der Waals surface area contributed by atoms with Crippen molar-refractivity contribution >= 4 is 5.82 Å². The standard InChI is InChI=1S/C22H31N5O/c1-28-15-22-25-20(17-10-18(23)11-17)12-21(26-22)24-19-8-5-9-27(14-19)13-16-6-3-2-4-7-16/h2-4,6-7,12,17-19H,5,8-11,13-15,23H2,1H3,(H,24,25,26)/t17?,18?,19-/m0/s1. The molecule has 0 bridgehead atoms. The predicted molar refractivity (Wildman–Crippen MR) is 111 cm³/mol. The van der Waals surface area contributed by atoms with E-state index in [1.165, 1.54) is 18.4 Å². The van der Waals surface area contributed by atoms with E-state index in [4.69, 9.17) is 15.5 Å². The van der Waals surface area contributed by atoms with E-state index in [1.807, 2.05) is 0 Å². The Hall–Kier alpha value is -2.02. The zero-order valence-corrected chi connectivity index (χ0v) is 16.7. The van der Waals surface area contributed by atoms with Gasteiger partial charge in [0.15, 0.2) is 5.82 Å². The molecule has 1 saturated carbocycles. The molecule has 4 rings (SSSR count). The summed E-state index contributed by atoms with van der Waals surface area (Å²) in [5.41, 5.74) is 8.45. The first-order chi connectivity index (χ1) is 13.7. The van der Waals surface area contributed by atoms with Crippen molar-refractivity contribution < 1.29 is 4.74 Å². The van der Waals surface area contributed by atoms with Gasteiger partial charge >= 0.3 is 0 Å². The van der Waals surface area contributed by atoms with E-state index in [1.54, 1.807) is 7.11 Å². The van der Waals surface area contributed by atoms with Crippen molar-refractivity contribution in [2.75, 3.05) is 25.5 Å². The molecule has 0 spiro atoms. The second-order valence-corrected chi connectivity index (χ2v) is 8.16. The molecule has 1 aliphatic carbocycles. The maximum absolute atomic E-state index is 5.98. The molecule has 1 aromatic heterocycles. The highest BCUT2D eigenvalue weighted by Gasteiger charge is 2.29. The first kappa shape index (κ1) is 19.3. The van der Waals surface area contributed by atoms with Crippen LogP contribution in [0.1, 0.15) is 48.7 Å². The van der Waals surface area contributed by atoms with E-state index < -0.39 is 0 Å². The molecular formula is C22H31N5O. The third-order valence-corrected chi connectivity index (χ3v) is 5.77. The molecule has 1 aromatic carbocycles. The molecule has 2 fully saturated rings. The van der Waals surface area contributed by atoms with Gasteiger partial charge in [-0.05, 0) is 37.8 Å². The number of nitrogens with one attached hydrogen (secondary N) is 1. The van der Waals surface area contributed by atoms with E-state index >= 15 is 0 Å². The number of methoxy groups -OCH3 is 1. The summed E-state index contributed by atoms with van der Waals surface area (Å²) < 4.78 is 5.28. The monoisotopic (exact) mass is 381 g/mol. The maximum Gasteiger partial charge on any atom is 0.156 e. The van der Waals surface area contributed by atoms with Crippen LogP contribution in [0.3, 0.4) is 0 Å². The number of nitrogens with zero attached hydrogens (tertiary/aromatic N) is 3. The Bertz CT molecular complexity index is 763. The van der Waals surface area contributed by atoms with Crippen molar-refractivity contribution in [2.45, 2.75) is 56.8 Å². The Morgan fingerprint density at radius 1 is 1.21 bits per heavy atom. The van der Waals surface area contributed by atoms with Crippen LogP contribution in [0.2, 0.25) is 0 Å². The normalized spacial score (nSPS) is 25.3. The Morgan fingerprint density at radius 2 is 2.04 bits per heavy atom. The Balaban J connectivity index is 1.42. The maximum atomic E-state index is 5.98. The molecule has 28 heavy (non-hydrogen) atoms. The zero-order valence-electron chi connectivity index (χ0n) is 16.7. The summed E-state index contributed by atoms with van der Waals surface area (Å²) in [6.45, 7) is 3.62. The first-order valence-electron chi connectivity index (χ1n) is 10.3. The van der Waals surface area contributed by atoms with Crippen LogP contribution < -0.4 is 11.1 Å². The summed E-state index contributed by atoms with van der Waals surface area (Å²) in [5.74, 6) is 2.12. The van der Waals surface area contributed by atoms with Gasteiger partial charge in [-0.3, -0.25) is 4.90 Å². The summed E-state index contributed by atoms with van der Waals surface area (Å²) in [4.78, 5) is 11.9. The molecule has 1 saturated heterocycles. The van der Waals surface area contributed by atoms with Gasteiger partial charge in [0, 0.05) is 50.0 Å². The van der Waals surface area contributed by atoms with Crippen molar-refractivity contribution in [1.82, 2.24) is 14.9 Å². The number of nitrogens with two attached hydrogens (primary N) is 1. The molecule has 2 aromatic rings. The summed E-state index contributed by atoms with van der Waals surface area (Å²) in [5, 5.41) is 3.67. The number of benzene rings is 1. The van der Waals surface area contributed by atoms with Gasteiger partial charge in [0.1, 0.15) is 12.4 Å². The fourth-order valence-electron chi connectivity index (χ4n) is 4.27. The van der Waals surface area contributed by atoms with Gasteiger partial charge in [-0.2, -0.15) is 0 Å². The van der Waals surface area contributed by atoms with Crippen molar-refractivity contribution in [3.8, 4) is 0 Å². The Morgan fingerprint density at radius 3 is 2.79 bits per heavy atom. The fraction of sp³-hybridized carbons (Fsp3) is 0.545. The highest BCUT2D eigenvalue weighted by molar-refractivity contribution is 5.39. The SMILES string of the molecule is COCc1nc(N[C@H]2CCCN(Cc3ccccc3)C2)cc(C2CC(N)C2)n1. The largest absolute Gasteiger partial charge is 0.377 e. The van der Waals surface area contributed by atoms with Gasteiger partial charge in [-0.15, -0.1) is 0 Å². The number of ether oxygens (including phenoxy) is 1. The number of hydrogen-bond donors (Lipinski definition) is 2. The Labute approximate surface area is 167 Å².